The normalized spacial score (nSPS) is 10.6. The Kier molecular flexibility index (Phi) is 5.02. The van der Waals surface area contributed by atoms with Crippen molar-refractivity contribution in [2.24, 2.45) is 5.92 Å². The maximum absolute atomic E-state index is 4.26. The van der Waals surface area contributed by atoms with E-state index in [-0.39, 0.29) is 0 Å². The van der Waals surface area contributed by atoms with E-state index in [0.717, 1.165) is 36.7 Å². The van der Waals surface area contributed by atoms with Crippen molar-refractivity contribution in [1.82, 2.24) is 9.97 Å². The molecule has 0 spiro atoms. The van der Waals surface area contributed by atoms with Crippen LogP contribution < -0.4 is 10.6 Å². The molecule has 0 amide bonds. The van der Waals surface area contributed by atoms with Crippen LogP contribution in [0.15, 0.2) is 6.33 Å². The van der Waals surface area contributed by atoms with Gasteiger partial charge in [0.2, 0.25) is 0 Å². The molecule has 0 aromatic carbocycles. The van der Waals surface area contributed by atoms with Crippen molar-refractivity contribution >= 4 is 11.6 Å². The maximum Gasteiger partial charge on any atom is 0.134 e. The highest BCUT2D eigenvalue weighted by atomic mass is 15.1. The van der Waals surface area contributed by atoms with E-state index < -0.39 is 0 Å². The first-order valence-corrected chi connectivity index (χ1v) is 5.94. The summed E-state index contributed by atoms with van der Waals surface area (Å²) in [7, 11) is 0. The summed E-state index contributed by atoms with van der Waals surface area (Å²) < 4.78 is 0. The standard InChI is InChI=1S/C12H22N4/c1-5-6-13-11-10(4)12(16-8-15-11)14-7-9(2)3/h8-9H,5-7H2,1-4H3,(H2,13,14,15,16). The molecule has 0 fully saturated rings. The van der Waals surface area contributed by atoms with Crippen molar-refractivity contribution in [2.45, 2.75) is 34.1 Å². The molecule has 16 heavy (non-hydrogen) atoms. The molecule has 0 bridgehead atoms. The van der Waals surface area contributed by atoms with Crippen LogP contribution in [0.3, 0.4) is 0 Å². The second-order valence-electron chi connectivity index (χ2n) is 4.40. The first-order chi connectivity index (χ1) is 7.65. The Labute approximate surface area is 97.9 Å². The van der Waals surface area contributed by atoms with Crippen LogP contribution in [0.2, 0.25) is 0 Å². The number of hydrogen-bond acceptors (Lipinski definition) is 4. The van der Waals surface area contributed by atoms with Crippen LogP contribution in [0.4, 0.5) is 11.6 Å². The molecule has 0 aliphatic rings. The Bertz CT molecular complexity index is 323. The van der Waals surface area contributed by atoms with Crippen LogP contribution in [0, 0.1) is 12.8 Å². The second-order valence-corrected chi connectivity index (χ2v) is 4.40. The highest BCUT2D eigenvalue weighted by Crippen LogP contribution is 2.18. The molecule has 4 heteroatoms. The van der Waals surface area contributed by atoms with Crippen molar-refractivity contribution < 1.29 is 0 Å². The Balaban J connectivity index is 2.70. The molecule has 90 valence electrons. The third-order valence-electron chi connectivity index (χ3n) is 2.30. The average molecular weight is 222 g/mol. The zero-order valence-corrected chi connectivity index (χ0v) is 10.7. The lowest BCUT2D eigenvalue weighted by molar-refractivity contribution is 0.686. The molecule has 1 aromatic rings. The van der Waals surface area contributed by atoms with Gasteiger partial charge in [-0.25, -0.2) is 9.97 Å². The van der Waals surface area contributed by atoms with Crippen molar-refractivity contribution in [3.05, 3.63) is 11.9 Å². The van der Waals surface area contributed by atoms with E-state index in [2.05, 4.69) is 41.4 Å². The van der Waals surface area contributed by atoms with Gasteiger partial charge in [-0.05, 0) is 19.3 Å². The molecule has 1 rings (SSSR count). The topological polar surface area (TPSA) is 49.8 Å². The number of nitrogens with zero attached hydrogens (tertiary/aromatic N) is 2. The van der Waals surface area contributed by atoms with Gasteiger partial charge in [-0.15, -0.1) is 0 Å². The minimum Gasteiger partial charge on any atom is -0.370 e. The molecular weight excluding hydrogens is 200 g/mol. The van der Waals surface area contributed by atoms with E-state index in [1.807, 2.05) is 6.92 Å². The predicted molar refractivity (Wildman–Crippen MR) is 68.9 cm³/mol. The third-order valence-corrected chi connectivity index (χ3v) is 2.30. The van der Waals surface area contributed by atoms with Gasteiger partial charge >= 0.3 is 0 Å². The van der Waals surface area contributed by atoms with Gasteiger partial charge < -0.3 is 10.6 Å². The Hall–Kier alpha value is -1.32. The summed E-state index contributed by atoms with van der Waals surface area (Å²) in [5, 5.41) is 6.64. The number of aromatic nitrogens is 2. The van der Waals surface area contributed by atoms with Crippen molar-refractivity contribution in [3.63, 3.8) is 0 Å². The van der Waals surface area contributed by atoms with Crippen LogP contribution in [-0.4, -0.2) is 23.1 Å². The van der Waals surface area contributed by atoms with E-state index in [9.17, 15) is 0 Å². The van der Waals surface area contributed by atoms with E-state index in [4.69, 9.17) is 0 Å². The first-order valence-electron chi connectivity index (χ1n) is 5.94. The summed E-state index contributed by atoms with van der Waals surface area (Å²) >= 11 is 0. The van der Waals surface area contributed by atoms with Gasteiger partial charge in [0, 0.05) is 18.7 Å². The van der Waals surface area contributed by atoms with Crippen LogP contribution in [0.1, 0.15) is 32.8 Å². The highest BCUT2D eigenvalue weighted by molar-refractivity contribution is 5.56. The summed E-state index contributed by atoms with van der Waals surface area (Å²) in [6.45, 7) is 10.4. The van der Waals surface area contributed by atoms with Gasteiger partial charge in [0.1, 0.15) is 18.0 Å². The first kappa shape index (κ1) is 12.7. The van der Waals surface area contributed by atoms with Gasteiger partial charge in [0.15, 0.2) is 0 Å². The quantitative estimate of drug-likeness (QED) is 0.777. The number of rotatable bonds is 6. The van der Waals surface area contributed by atoms with Crippen LogP contribution >= 0.6 is 0 Å². The zero-order valence-electron chi connectivity index (χ0n) is 10.7. The summed E-state index contributed by atoms with van der Waals surface area (Å²) in [4.78, 5) is 8.50. The van der Waals surface area contributed by atoms with E-state index in [0.29, 0.717) is 5.92 Å². The largest absolute Gasteiger partial charge is 0.370 e. The Morgan fingerprint density at radius 1 is 1.19 bits per heavy atom. The lowest BCUT2D eigenvalue weighted by Crippen LogP contribution is -2.12. The van der Waals surface area contributed by atoms with E-state index in [1.54, 1.807) is 6.33 Å². The summed E-state index contributed by atoms with van der Waals surface area (Å²) in [6, 6.07) is 0. The molecule has 4 nitrogen and oxygen atoms in total. The van der Waals surface area contributed by atoms with Gasteiger partial charge in [-0.2, -0.15) is 0 Å². The van der Waals surface area contributed by atoms with E-state index in [1.165, 1.54) is 0 Å². The maximum atomic E-state index is 4.26. The van der Waals surface area contributed by atoms with Gasteiger partial charge in [0.25, 0.3) is 0 Å². The molecule has 1 aromatic heterocycles. The lowest BCUT2D eigenvalue weighted by Gasteiger charge is -2.13. The molecular formula is C12H22N4. The fourth-order valence-corrected chi connectivity index (χ4v) is 1.35. The molecule has 0 aliphatic carbocycles. The van der Waals surface area contributed by atoms with Crippen LogP contribution in [-0.2, 0) is 0 Å². The summed E-state index contributed by atoms with van der Waals surface area (Å²) in [5.41, 5.74) is 1.09. The molecule has 0 saturated carbocycles. The monoisotopic (exact) mass is 222 g/mol. The Morgan fingerprint density at radius 3 is 2.38 bits per heavy atom. The van der Waals surface area contributed by atoms with Gasteiger partial charge in [-0.3, -0.25) is 0 Å². The predicted octanol–water partition coefficient (Wildman–Crippen LogP) is 2.67. The van der Waals surface area contributed by atoms with Crippen LogP contribution in [0.25, 0.3) is 0 Å². The minimum atomic E-state index is 0.612. The smallest absolute Gasteiger partial charge is 0.134 e. The molecule has 0 radical (unpaired) electrons. The SMILES string of the molecule is CCCNc1ncnc(NCC(C)C)c1C. The fraction of sp³-hybridized carbons (Fsp3) is 0.667. The highest BCUT2D eigenvalue weighted by Gasteiger charge is 2.06. The van der Waals surface area contributed by atoms with Gasteiger partial charge in [0.05, 0.1) is 0 Å². The number of hydrogen-bond donors (Lipinski definition) is 2. The molecule has 0 atom stereocenters. The Morgan fingerprint density at radius 2 is 1.81 bits per heavy atom. The molecule has 0 saturated heterocycles. The van der Waals surface area contributed by atoms with Gasteiger partial charge in [-0.1, -0.05) is 20.8 Å². The number of anilines is 2. The summed E-state index contributed by atoms with van der Waals surface area (Å²) in [6.07, 6.45) is 2.70. The minimum absolute atomic E-state index is 0.612. The molecule has 0 unspecified atom stereocenters. The fourth-order valence-electron chi connectivity index (χ4n) is 1.35. The lowest BCUT2D eigenvalue weighted by atomic mass is 10.2. The number of nitrogens with one attached hydrogen (secondary N) is 2. The van der Waals surface area contributed by atoms with Crippen molar-refractivity contribution in [1.29, 1.82) is 0 Å². The molecule has 1 heterocycles. The van der Waals surface area contributed by atoms with Crippen molar-refractivity contribution in [2.75, 3.05) is 23.7 Å². The summed E-state index contributed by atoms with van der Waals surface area (Å²) in [5.74, 6) is 2.48. The van der Waals surface area contributed by atoms with E-state index >= 15 is 0 Å². The molecule has 0 aliphatic heterocycles. The molecule has 2 N–H and O–H groups in total. The van der Waals surface area contributed by atoms with Crippen LogP contribution in [0.5, 0.6) is 0 Å². The average Bonchev–Trinajstić information content (AvgIpc) is 2.26. The zero-order chi connectivity index (χ0) is 12.0. The third kappa shape index (κ3) is 3.68. The van der Waals surface area contributed by atoms with Crippen molar-refractivity contribution in [3.8, 4) is 0 Å². The second kappa shape index (κ2) is 6.30.